The zero-order chi connectivity index (χ0) is 16.6. The Kier molecular flexibility index (Phi) is 3.64. The van der Waals surface area contributed by atoms with Crippen molar-refractivity contribution < 1.29 is 9.53 Å². The minimum absolute atomic E-state index is 0.122. The number of carbonyl (C=O) groups excluding carboxylic acids is 1. The maximum Gasteiger partial charge on any atom is 0.165 e. The summed E-state index contributed by atoms with van der Waals surface area (Å²) in [6, 6.07) is 18.3. The first-order chi connectivity index (χ1) is 11.7. The summed E-state index contributed by atoms with van der Waals surface area (Å²) in [6.45, 7) is 0.966. The van der Waals surface area contributed by atoms with Gasteiger partial charge in [0.1, 0.15) is 5.75 Å². The molecule has 0 radical (unpaired) electrons. The van der Waals surface area contributed by atoms with Crippen molar-refractivity contribution in [1.82, 2.24) is 0 Å². The lowest BCUT2D eigenvalue weighted by Crippen LogP contribution is -2.47. The van der Waals surface area contributed by atoms with E-state index in [2.05, 4.69) is 35.2 Å². The first-order valence-electron chi connectivity index (χ1n) is 8.44. The number of rotatable bonds is 3. The number of hydrogen-bond acceptors (Lipinski definition) is 3. The van der Waals surface area contributed by atoms with Gasteiger partial charge in [-0.1, -0.05) is 36.4 Å². The van der Waals surface area contributed by atoms with E-state index in [1.807, 2.05) is 30.3 Å². The van der Waals surface area contributed by atoms with E-state index < -0.39 is 0 Å². The topological polar surface area (TPSA) is 29.5 Å². The highest BCUT2D eigenvalue weighted by atomic mass is 16.5. The van der Waals surface area contributed by atoms with E-state index in [4.69, 9.17) is 4.74 Å². The average Bonchev–Trinajstić information content (AvgIpc) is 3.20. The molecule has 1 aliphatic carbocycles. The Morgan fingerprint density at radius 3 is 2.54 bits per heavy atom. The second-order valence-electron chi connectivity index (χ2n) is 6.52. The molecule has 1 saturated heterocycles. The van der Waals surface area contributed by atoms with Crippen LogP contribution in [0.4, 0.5) is 5.69 Å². The van der Waals surface area contributed by atoms with E-state index in [0.29, 0.717) is 0 Å². The molecule has 0 unspecified atom stereocenters. The Bertz CT molecular complexity index is 766. The summed E-state index contributed by atoms with van der Waals surface area (Å²) in [4.78, 5) is 15.1. The minimum atomic E-state index is -0.243. The number of hydrogen-bond donors (Lipinski definition) is 0. The Morgan fingerprint density at radius 1 is 1.08 bits per heavy atom. The van der Waals surface area contributed by atoms with Gasteiger partial charge in [0, 0.05) is 12.2 Å². The van der Waals surface area contributed by atoms with Crippen molar-refractivity contribution in [2.45, 2.75) is 24.3 Å². The maximum atomic E-state index is 12.7. The third-order valence-corrected chi connectivity index (χ3v) is 5.30. The molecule has 2 aromatic rings. The van der Waals surface area contributed by atoms with E-state index in [1.54, 1.807) is 13.2 Å². The molecular formula is C21H21NO2. The lowest BCUT2D eigenvalue weighted by molar-refractivity contribution is -0.116. The van der Waals surface area contributed by atoms with Crippen LogP contribution in [-0.2, 0) is 4.79 Å². The zero-order valence-corrected chi connectivity index (χ0v) is 13.8. The van der Waals surface area contributed by atoms with Gasteiger partial charge in [0.05, 0.1) is 18.6 Å². The highest BCUT2D eigenvalue weighted by Gasteiger charge is 2.51. The highest BCUT2D eigenvalue weighted by molar-refractivity contribution is 6.01. The van der Waals surface area contributed by atoms with Crippen molar-refractivity contribution in [3.8, 4) is 5.75 Å². The summed E-state index contributed by atoms with van der Waals surface area (Å²) < 4.78 is 5.27. The van der Waals surface area contributed by atoms with Gasteiger partial charge in [-0.2, -0.15) is 0 Å². The van der Waals surface area contributed by atoms with Gasteiger partial charge in [-0.05, 0) is 48.7 Å². The van der Waals surface area contributed by atoms with Gasteiger partial charge in [-0.3, -0.25) is 4.79 Å². The second kappa shape index (κ2) is 5.82. The van der Waals surface area contributed by atoms with Gasteiger partial charge in [0.25, 0.3) is 0 Å². The number of ether oxygens (including phenoxy) is 1. The van der Waals surface area contributed by atoms with E-state index in [0.717, 1.165) is 36.4 Å². The third kappa shape index (κ3) is 2.23. The molecule has 1 spiro atoms. The molecule has 2 aliphatic rings. The smallest absolute Gasteiger partial charge is 0.165 e. The van der Waals surface area contributed by atoms with Crippen molar-refractivity contribution in [2.75, 3.05) is 18.6 Å². The second-order valence-corrected chi connectivity index (χ2v) is 6.52. The standard InChI is InChI=1S/C21H21NO2/c1-24-18-10-8-17(9-11-18)22-15-5-13-21(22)14-12-19(23)20(21)16-6-3-2-4-7-16/h2-4,6-12,14,20H,5,13,15H2,1H3/t20-,21-/m1/s1. The first-order valence-corrected chi connectivity index (χ1v) is 8.44. The molecule has 1 fully saturated rings. The number of methoxy groups -OCH3 is 1. The van der Waals surface area contributed by atoms with Gasteiger partial charge in [-0.15, -0.1) is 0 Å². The van der Waals surface area contributed by atoms with Crippen LogP contribution in [0.1, 0.15) is 24.3 Å². The molecule has 1 heterocycles. The van der Waals surface area contributed by atoms with Crippen LogP contribution >= 0.6 is 0 Å². The van der Waals surface area contributed by atoms with Crippen molar-refractivity contribution in [1.29, 1.82) is 0 Å². The summed E-state index contributed by atoms with van der Waals surface area (Å²) in [7, 11) is 1.68. The van der Waals surface area contributed by atoms with Crippen LogP contribution in [0.3, 0.4) is 0 Å². The average molecular weight is 319 g/mol. The summed E-state index contributed by atoms with van der Waals surface area (Å²) in [5.41, 5.74) is 2.01. The molecule has 0 saturated carbocycles. The van der Waals surface area contributed by atoms with Crippen molar-refractivity contribution in [2.24, 2.45) is 0 Å². The number of nitrogens with zero attached hydrogens (tertiary/aromatic N) is 1. The molecular weight excluding hydrogens is 298 g/mol. The number of carbonyl (C=O) groups is 1. The lowest BCUT2D eigenvalue weighted by Gasteiger charge is -2.40. The van der Waals surface area contributed by atoms with E-state index in [-0.39, 0.29) is 17.2 Å². The molecule has 122 valence electrons. The fourth-order valence-electron chi connectivity index (χ4n) is 4.23. The molecule has 4 rings (SSSR count). The summed E-state index contributed by atoms with van der Waals surface area (Å²) in [5, 5.41) is 0. The monoisotopic (exact) mass is 319 g/mol. The van der Waals surface area contributed by atoms with Crippen molar-refractivity contribution in [3.63, 3.8) is 0 Å². The molecule has 24 heavy (non-hydrogen) atoms. The zero-order valence-electron chi connectivity index (χ0n) is 13.8. The van der Waals surface area contributed by atoms with Crippen LogP contribution in [0.2, 0.25) is 0 Å². The van der Waals surface area contributed by atoms with E-state index in [1.165, 1.54) is 0 Å². The van der Waals surface area contributed by atoms with Gasteiger partial charge in [0.15, 0.2) is 5.78 Å². The van der Waals surface area contributed by atoms with Crippen LogP contribution in [0.25, 0.3) is 0 Å². The van der Waals surface area contributed by atoms with Crippen LogP contribution in [0, 0.1) is 0 Å². The highest BCUT2D eigenvalue weighted by Crippen LogP contribution is 2.48. The Hall–Kier alpha value is -2.55. The Balaban J connectivity index is 1.76. The molecule has 3 nitrogen and oxygen atoms in total. The Morgan fingerprint density at radius 2 is 1.83 bits per heavy atom. The van der Waals surface area contributed by atoms with Crippen LogP contribution < -0.4 is 9.64 Å². The normalized spacial score (nSPS) is 25.6. The van der Waals surface area contributed by atoms with Gasteiger partial charge in [-0.25, -0.2) is 0 Å². The Labute approximate surface area is 142 Å². The summed E-state index contributed by atoms with van der Waals surface area (Å²) in [5.74, 6) is 0.939. The molecule has 0 N–H and O–H groups in total. The fourth-order valence-corrected chi connectivity index (χ4v) is 4.23. The summed E-state index contributed by atoms with van der Waals surface area (Å²) in [6.07, 6.45) is 6.00. The van der Waals surface area contributed by atoms with E-state index in [9.17, 15) is 4.79 Å². The van der Waals surface area contributed by atoms with Crippen LogP contribution in [-0.4, -0.2) is 25.0 Å². The molecule has 3 heteroatoms. The van der Waals surface area contributed by atoms with Crippen LogP contribution in [0.15, 0.2) is 66.7 Å². The van der Waals surface area contributed by atoms with Gasteiger partial charge in [0.2, 0.25) is 0 Å². The first kappa shape index (κ1) is 15.0. The number of ketones is 1. The van der Waals surface area contributed by atoms with Crippen molar-refractivity contribution in [3.05, 3.63) is 72.3 Å². The van der Waals surface area contributed by atoms with E-state index >= 15 is 0 Å². The molecule has 0 bridgehead atoms. The summed E-state index contributed by atoms with van der Waals surface area (Å²) >= 11 is 0. The maximum absolute atomic E-state index is 12.7. The minimum Gasteiger partial charge on any atom is -0.497 e. The van der Waals surface area contributed by atoms with Crippen LogP contribution in [0.5, 0.6) is 5.75 Å². The fraction of sp³-hybridized carbons (Fsp3) is 0.286. The molecule has 2 atom stereocenters. The number of allylic oxidation sites excluding steroid dienone is 1. The quantitative estimate of drug-likeness (QED) is 0.858. The SMILES string of the molecule is COc1ccc(N2CCC[C@]23C=CC(=O)[C@H]3c2ccccc2)cc1. The molecule has 2 aromatic carbocycles. The van der Waals surface area contributed by atoms with Gasteiger partial charge < -0.3 is 9.64 Å². The lowest BCUT2D eigenvalue weighted by atomic mass is 9.79. The molecule has 0 aromatic heterocycles. The molecule has 1 aliphatic heterocycles. The number of benzene rings is 2. The molecule has 0 amide bonds. The third-order valence-electron chi connectivity index (χ3n) is 5.30. The predicted octanol–water partition coefficient (Wildman–Crippen LogP) is 3.96. The van der Waals surface area contributed by atoms with Crippen molar-refractivity contribution >= 4 is 11.5 Å². The predicted molar refractivity (Wildman–Crippen MR) is 95.6 cm³/mol. The number of anilines is 1. The largest absolute Gasteiger partial charge is 0.497 e. The van der Waals surface area contributed by atoms with Gasteiger partial charge >= 0.3 is 0 Å².